The summed E-state index contributed by atoms with van der Waals surface area (Å²) in [7, 11) is 0. The highest BCUT2D eigenvalue weighted by Gasteiger charge is 2.16. The minimum Gasteiger partial charge on any atom is -0.361 e. The predicted octanol–water partition coefficient (Wildman–Crippen LogP) is 3.77. The van der Waals surface area contributed by atoms with Crippen LogP contribution in [0.15, 0.2) is 75.7 Å². The van der Waals surface area contributed by atoms with Crippen LogP contribution < -0.4 is 10.7 Å². The van der Waals surface area contributed by atoms with Crippen LogP contribution in [0.5, 0.6) is 0 Å². The second-order valence-electron chi connectivity index (χ2n) is 7.52. The van der Waals surface area contributed by atoms with Gasteiger partial charge in [0.15, 0.2) is 0 Å². The quantitative estimate of drug-likeness (QED) is 0.713. The van der Waals surface area contributed by atoms with Gasteiger partial charge >= 0.3 is 0 Å². The number of aromatic nitrogens is 2. The molecule has 0 aromatic carbocycles. The van der Waals surface area contributed by atoms with Gasteiger partial charge in [0, 0.05) is 28.2 Å². The normalized spacial score (nSPS) is 18.4. The van der Waals surface area contributed by atoms with E-state index in [-0.39, 0.29) is 0 Å². The summed E-state index contributed by atoms with van der Waals surface area (Å²) >= 11 is 0. The number of rotatable bonds is 0. The molecule has 5 heterocycles. The Hall–Kier alpha value is -3.40. The van der Waals surface area contributed by atoms with Gasteiger partial charge < -0.3 is 9.97 Å². The lowest BCUT2D eigenvalue weighted by Gasteiger charge is -2.03. The first kappa shape index (κ1) is 16.8. The number of aromatic amines is 2. The fourth-order valence-electron chi connectivity index (χ4n) is 3.78. The fraction of sp³-hybridized carbons (Fsp3) is 0.167. The lowest BCUT2D eigenvalue weighted by Crippen LogP contribution is -2.16. The molecule has 0 fully saturated rings. The van der Waals surface area contributed by atoms with Crippen molar-refractivity contribution in [3.05, 3.63) is 87.6 Å². The van der Waals surface area contributed by atoms with E-state index in [0.717, 1.165) is 55.9 Å². The summed E-state index contributed by atoms with van der Waals surface area (Å²) in [5.41, 5.74) is 10.8. The van der Waals surface area contributed by atoms with Crippen LogP contribution in [0.4, 0.5) is 0 Å². The summed E-state index contributed by atoms with van der Waals surface area (Å²) in [5, 5.41) is 2.21. The summed E-state index contributed by atoms with van der Waals surface area (Å²) in [6.07, 6.45) is 10.4. The standard InChI is InChI=1S/C24H22N4/c1-13-17-11-24(25-12-17)16(4)23-10-9-22(28-23)15(3)21-8-7-20(27-21)14(2)19-6-5-18(13)26-19/h5-12,25-26H,1-4H3. The molecule has 5 rings (SSSR count). The number of hydrogen-bond donors (Lipinski definition) is 2. The Morgan fingerprint density at radius 2 is 1.29 bits per heavy atom. The Morgan fingerprint density at radius 1 is 0.679 bits per heavy atom. The van der Waals surface area contributed by atoms with Gasteiger partial charge in [0.1, 0.15) is 0 Å². The molecule has 0 atom stereocenters. The lowest BCUT2D eigenvalue weighted by molar-refractivity contribution is 1.24. The summed E-state index contributed by atoms with van der Waals surface area (Å²) in [4.78, 5) is 16.7. The fourth-order valence-corrected chi connectivity index (χ4v) is 3.78. The molecule has 3 aliphatic heterocycles. The van der Waals surface area contributed by atoms with E-state index in [9.17, 15) is 0 Å². The Morgan fingerprint density at radius 3 is 2.00 bits per heavy atom. The van der Waals surface area contributed by atoms with Gasteiger partial charge in [0.05, 0.1) is 22.8 Å². The number of nitrogens with zero attached hydrogens (tertiary/aromatic N) is 2. The third-order valence-corrected chi connectivity index (χ3v) is 5.83. The van der Waals surface area contributed by atoms with Gasteiger partial charge in [-0.3, -0.25) is 0 Å². The number of hydrogen-bond acceptors (Lipinski definition) is 2. The van der Waals surface area contributed by atoms with Crippen molar-refractivity contribution in [2.75, 3.05) is 0 Å². The third kappa shape index (κ3) is 2.53. The van der Waals surface area contributed by atoms with Crippen molar-refractivity contribution in [1.82, 2.24) is 9.97 Å². The molecule has 4 nitrogen and oxygen atoms in total. The largest absolute Gasteiger partial charge is 0.361 e. The van der Waals surface area contributed by atoms with Gasteiger partial charge in [-0.15, -0.1) is 0 Å². The molecule has 0 saturated carbocycles. The zero-order valence-electron chi connectivity index (χ0n) is 16.5. The van der Waals surface area contributed by atoms with Crippen molar-refractivity contribution in [2.24, 2.45) is 9.98 Å². The van der Waals surface area contributed by atoms with Crippen LogP contribution in [0.25, 0.3) is 16.7 Å². The number of allylic oxidation sites excluding steroid dienone is 6. The van der Waals surface area contributed by atoms with Crippen molar-refractivity contribution in [3.63, 3.8) is 0 Å². The van der Waals surface area contributed by atoms with Gasteiger partial charge in [-0.2, -0.15) is 0 Å². The first-order valence-electron chi connectivity index (χ1n) is 9.53. The van der Waals surface area contributed by atoms with Gasteiger partial charge in [-0.25, -0.2) is 9.98 Å². The second kappa shape index (κ2) is 6.06. The predicted molar refractivity (Wildman–Crippen MR) is 117 cm³/mol. The van der Waals surface area contributed by atoms with Crippen molar-refractivity contribution in [2.45, 2.75) is 27.7 Å². The van der Waals surface area contributed by atoms with Gasteiger partial charge in [0.25, 0.3) is 0 Å². The maximum absolute atomic E-state index is 4.86. The Balaban J connectivity index is 1.84. The van der Waals surface area contributed by atoms with Crippen LogP contribution >= 0.6 is 0 Å². The molecule has 2 N–H and O–H groups in total. The molecule has 2 aromatic rings. The molecule has 0 radical (unpaired) electrons. The topological polar surface area (TPSA) is 56.3 Å². The van der Waals surface area contributed by atoms with Crippen LogP contribution in [0.2, 0.25) is 0 Å². The monoisotopic (exact) mass is 366 g/mol. The van der Waals surface area contributed by atoms with Crippen LogP contribution in [0.1, 0.15) is 39.0 Å². The van der Waals surface area contributed by atoms with E-state index < -0.39 is 0 Å². The van der Waals surface area contributed by atoms with E-state index in [1.54, 1.807) is 0 Å². The third-order valence-electron chi connectivity index (χ3n) is 5.83. The molecular formula is C24H22N4. The second-order valence-corrected chi connectivity index (χ2v) is 7.52. The molecule has 0 spiro atoms. The number of fused-ring (bicyclic) bond motifs is 6. The van der Waals surface area contributed by atoms with Crippen LogP contribution in [-0.2, 0) is 0 Å². The summed E-state index contributed by atoms with van der Waals surface area (Å²) in [6, 6.07) is 6.47. The summed E-state index contributed by atoms with van der Waals surface area (Å²) in [6.45, 7) is 8.46. The lowest BCUT2D eigenvalue weighted by atomic mass is 10.1. The van der Waals surface area contributed by atoms with Crippen LogP contribution in [0.3, 0.4) is 0 Å². The molecule has 8 bridgehead atoms. The minimum absolute atomic E-state index is 0.973. The van der Waals surface area contributed by atoms with Crippen molar-refractivity contribution in [3.8, 4) is 0 Å². The zero-order valence-corrected chi connectivity index (χ0v) is 16.5. The van der Waals surface area contributed by atoms with E-state index in [1.807, 2.05) is 0 Å². The highest BCUT2D eigenvalue weighted by atomic mass is 14.8. The van der Waals surface area contributed by atoms with E-state index in [4.69, 9.17) is 9.98 Å². The summed E-state index contributed by atoms with van der Waals surface area (Å²) < 4.78 is 0. The van der Waals surface area contributed by atoms with E-state index >= 15 is 0 Å². The molecule has 3 aliphatic rings. The molecule has 0 amide bonds. The summed E-state index contributed by atoms with van der Waals surface area (Å²) in [5.74, 6) is 0. The first-order valence-corrected chi connectivity index (χ1v) is 9.53. The highest BCUT2D eigenvalue weighted by molar-refractivity contribution is 6.26. The molecule has 0 unspecified atom stereocenters. The highest BCUT2D eigenvalue weighted by Crippen LogP contribution is 2.27. The van der Waals surface area contributed by atoms with Gasteiger partial charge in [-0.1, -0.05) is 0 Å². The smallest absolute Gasteiger partial charge is 0.0688 e. The van der Waals surface area contributed by atoms with Crippen LogP contribution in [-0.4, -0.2) is 21.4 Å². The minimum atomic E-state index is 0.973. The molecule has 2 aromatic heterocycles. The molecule has 138 valence electrons. The maximum Gasteiger partial charge on any atom is 0.0688 e. The Bertz CT molecular complexity index is 1330. The van der Waals surface area contributed by atoms with E-state index in [1.165, 1.54) is 11.1 Å². The van der Waals surface area contributed by atoms with Gasteiger partial charge in [-0.05, 0) is 92.5 Å². The molecule has 0 saturated heterocycles. The maximum atomic E-state index is 4.86. The molecule has 4 heteroatoms. The molecule has 0 aliphatic carbocycles. The SMILES string of the molecule is CC1=C2C=CC(=N2)C(C)=c2ccc([nH]2)=C(C)c2c[nH]c(c2)C(C)=C2C=CC1=N2. The Kier molecular flexibility index (Phi) is 3.63. The van der Waals surface area contributed by atoms with Gasteiger partial charge in [0.2, 0.25) is 0 Å². The number of H-pyrrole nitrogens is 2. The van der Waals surface area contributed by atoms with Crippen molar-refractivity contribution >= 4 is 28.1 Å². The van der Waals surface area contributed by atoms with Crippen molar-refractivity contribution in [1.29, 1.82) is 0 Å². The Labute approximate surface area is 163 Å². The van der Waals surface area contributed by atoms with Crippen LogP contribution in [0, 0.1) is 0 Å². The number of aliphatic imine (C=N–C) groups is 2. The molecule has 28 heavy (non-hydrogen) atoms. The molecular weight excluding hydrogens is 344 g/mol. The average molecular weight is 366 g/mol. The van der Waals surface area contributed by atoms with Crippen molar-refractivity contribution < 1.29 is 0 Å². The number of nitrogens with one attached hydrogen (secondary N) is 2. The zero-order chi connectivity index (χ0) is 19.4. The average Bonchev–Trinajstić information content (AvgIpc) is 3.49. The first-order chi connectivity index (χ1) is 13.5. The van der Waals surface area contributed by atoms with E-state index in [2.05, 4.69) is 86.4 Å². The van der Waals surface area contributed by atoms with E-state index in [0.29, 0.717) is 0 Å².